The van der Waals surface area contributed by atoms with E-state index < -0.39 is 5.97 Å². The normalized spacial score (nSPS) is 22.0. The lowest BCUT2D eigenvalue weighted by Gasteiger charge is -2.35. The first-order valence-electron chi connectivity index (χ1n) is 8.86. The molecule has 4 rings (SSSR count). The molecular weight excluding hydrogens is 314 g/mol. The SMILES string of the molecule is O=C(O)C1CCC(C(=O)N2Cc3ccccc3-c3ccccc32)CC1. The lowest BCUT2D eigenvalue weighted by atomic mass is 9.81. The molecule has 2 aromatic carbocycles. The minimum Gasteiger partial charge on any atom is -0.481 e. The molecule has 2 aromatic rings. The van der Waals surface area contributed by atoms with Crippen molar-refractivity contribution in [3.63, 3.8) is 0 Å². The highest BCUT2D eigenvalue weighted by atomic mass is 16.4. The van der Waals surface area contributed by atoms with Gasteiger partial charge in [0.15, 0.2) is 0 Å². The highest BCUT2D eigenvalue weighted by molar-refractivity contribution is 6.01. The van der Waals surface area contributed by atoms with Crippen molar-refractivity contribution in [2.45, 2.75) is 32.2 Å². The second-order valence-electron chi connectivity index (χ2n) is 6.99. The van der Waals surface area contributed by atoms with Crippen molar-refractivity contribution >= 4 is 17.6 Å². The van der Waals surface area contributed by atoms with Crippen LogP contribution in [0.15, 0.2) is 48.5 Å². The van der Waals surface area contributed by atoms with E-state index in [0.29, 0.717) is 32.2 Å². The molecule has 0 saturated heterocycles. The second kappa shape index (κ2) is 6.36. The van der Waals surface area contributed by atoms with Crippen LogP contribution in [-0.4, -0.2) is 17.0 Å². The third-order valence-electron chi connectivity index (χ3n) is 5.52. The van der Waals surface area contributed by atoms with Crippen LogP contribution in [0.5, 0.6) is 0 Å². The summed E-state index contributed by atoms with van der Waals surface area (Å²) in [6.07, 6.45) is 2.52. The Balaban J connectivity index is 1.61. The predicted molar refractivity (Wildman–Crippen MR) is 96.2 cm³/mol. The monoisotopic (exact) mass is 335 g/mol. The zero-order chi connectivity index (χ0) is 17.4. The quantitative estimate of drug-likeness (QED) is 0.899. The van der Waals surface area contributed by atoms with Crippen LogP contribution in [0, 0.1) is 11.8 Å². The van der Waals surface area contributed by atoms with E-state index in [9.17, 15) is 9.59 Å². The Labute approximate surface area is 147 Å². The van der Waals surface area contributed by atoms with E-state index in [2.05, 4.69) is 18.2 Å². The van der Waals surface area contributed by atoms with Crippen molar-refractivity contribution < 1.29 is 14.7 Å². The van der Waals surface area contributed by atoms with Gasteiger partial charge in [0, 0.05) is 11.5 Å². The fraction of sp³-hybridized carbons (Fsp3) is 0.333. The first kappa shape index (κ1) is 15.9. The van der Waals surface area contributed by atoms with Gasteiger partial charge >= 0.3 is 5.97 Å². The number of amides is 1. The van der Waals surface area contributed by atoms with Gasteiger partial charge in [-0.1, -0.05) is 42.5 Å². The maximum absolute atomic E-state index is 13.2. The van der Waals surface area contributed by atoms with Gasteiger partial charge < -0.3 is 10.0 Å². The number of para-hydroxylation sites is 1. The Morgan fingerprint density at radius 1 is 0.840 bits per heavy atom. The van der Waals surface area contributed by atoms with Gasteiger partial charge in [0.25, 0.3) is 0 Å². The Kier molecular flexibility index (Phi) is 4.04. The highest BCUT2D eigenvalue weighted by Gasteiger charge is 2.34. The fourth-order valence-electron chi connectivity index (χ4n) is 4.12. The van der Waals surface area contributed by atoms with Gasteiger partial charge in [-0.05, 0) is 42.9 Å². The van der Waals surface area contributed by atoms with Crippen LogP contribution >= 0.6 is 0 Å². The van der Waals surface area contributed by atoms with Gasteiger partial charge in [-0.2, -0.15) is 0 Å². The Hall–Kier alpha value is -2.62. The van der Waals surface area contributed by atoms with Gasteiger partial charge in [-0.3, -0.25) is 9.59 Å². The molecule has 0 radical (unpaired) electrons. The fourth-order valence-corrected chi connectivity index (χ4v) is 4.12. The first-order valence-corrected chi connectivity index (χ1v) is 8.86. The zero-order valence-electron chi connectivity index (χ0n) is 14.0. The zero-order valence-corrected chi connectivity index (χ0v) is 14.0. The Morgan fingerprint density at radius 3 is 2.16 bits per heavy atom. The smallest absolute Gasteiger partial charge is 0.306 e. The van der Waals surface area contributed by atoms with Crippen molar-refractivity contribution in [2.75, 3.05) is 4.90 Å². The number of anilines is 1. The standard InChI is InChI=1S/C21H21NO3/c23-20(14-9-11-15(12-10-14)21(24)25)22-13-16-5-1-2-6-17(16)18-7-3-4-8-19(18)22/h1-8,14-15H,9-13H2,(H,24,25). The maximum Gasteiger partial charge on any atom is 0.306 e. The van der Waals surface area contributed by atoms with Crippen LogP contribution in [0.25, 0.3) is 11.1 Å². The van der Waals surface area contributed by atoms with Crippen LogP contribution in [0.3, 0.4) is 0 Å². The number of benzene rings is 2. The number of fused-ring (bicyclic) bond motifs is 3. The van der Waals surface area contributed by atoms with E-state index in [1.54, 1.807) is 0 Å². The molecule has 1 amide bonds. The Morgan fingerprint density at radius 2 is 1.44 bits per heavy atom. The van der Waals surface area contributed by atoms with E-state index in [1.165, 1.54) is 5.56 Å². The van der Waals surface area contributed by atoms with Crippen LogP contribution in [-0.2, 0) is 16.1 Å². The van der Waals surface area contributed by atoms with Crippen LogP contribution < -0.4 is 4.90 Å². The maximum atomic E-state index is 13.2. The van der Waals surface area contributed by atoms with E-state index >= 15 is 0 Å². The topological polar surface area (TPSA) is 57.6 Å². The number of carbonyl (C=O) groups excluding carboxylic acids is 1. The van der Waals surface area contributed by atoms with E-state index in [1.807, 2.05) is 35.2 Å². The molecule has 1 aliphatic heterocycles. The number of hydrogen-bond donors (Lipinski definition) is 1. The first-order chi connectivity index (χ1) is 12.1. The van der Waals surface area contributed by atoms with Crippen molar-refractivity contribution in [2.24, 2.45) is 11.8 Å². The predicted octanol–water partition coefficient (Wildman–Crippen LogP) is 4.09. The molecule has 1 saturated carbocycles. The summed E-state index contributed by atoms with van der Waals surface area (Å²) in [6, 6.07) is 16.3. The lowest BCUT2D eigenvalue weighted by molar-refractivity contribution is -0.144. The van der Waals surface area contributed by atoms with Crippen molar-refractivity contribution in [3.05, 3.63) is 54.1 Å². The van der Waals surface area contributed by atoms with Crippen molar-refractivity contribution in [1.82, 2.24) is 0 Å². The molecule has 0 aromatic heterocycles. The minimum atomic E-state index is -0.733. The van der Waals surface area contributed by atoms with E-state index in [0.717, 1.165) is 16.8 Å². The van der Waals surface area contributed by atoms with Gasteiger partial charge in [-0.15, -0.1) is 0 Å². The number of carboxylic acid groups (broad SMARTS) is 1. The van der Waals surface area contributed by atoms with E-state index in [4.69, 9.17) is 5.11 Å². The summed E-state index contributed by atoms with van der Waals surface area (Å²) < 4.78 is 0. The molecule has 128 valence electrons. The molecule has 0 bridgehead atoms. The van der Waals surface area contributed by atoms with Crippen molar-refractivity contribution in [3.8, 4) is 11.1 Å². The summed E-state index contributed by atoms with van der Waals surface area (Å²) in [5, 5.41) is 9.16. The largest absolute Gasteiger partial charge is 0.481 e. The van der Waals surface area contributed by atoms with Gasteiger partial charge in [0.1, 0.15) is 0 Å². The molecule has 1 heterocycles. The molecule has 1 fully saturated rings. The van der Waals surface area contributed by atoms with E-state index in [-0.39, 0.29) is 17.7 Å². The number of nitrogens with zero attached hydrogens (tertiary/aromatic N) is 1. The minimum absolute atomic E-state index is 0.0751. The molecule has 4 heteroatoms. The van der Waals surface area contributed by atoms with Gasteiger partial charge in [0.2, 0.25) is 5.91 Å². The second-order valence-corrected chi connectivity index (χ2v) is 6.99. The van der Waals surface area contributed by atoms with Gasteiger partial charge in [-0.25, -0.2) is 0 Å². The van der Waals surface area contributed by atoms with Crippen LogP contribution in [0.1, 0.15) is 31.2 Å². The van der Waals surface area contributed by atoms with Crippen molar-refractivity contribution in [1.29, 1.82) is 0 Å². The molecule has 1 N–H and O–H groups in total. The summed E-state index contributed by atoms with van der Waals surface area (Å²) in [7, 11) is 0. The summed E-state index contributed by atoms with van der Waals surface area (Å²) in [5.41, 5.74) is 4.41. The number of carboxylic acids is 1. The number of hydrogen-bond acceptors (Lipinski definition) is 2. The van der Waals surface area contributed by atoms with Crippen LogP contribution in [0.2, 0.25) is 0 Å². The molecule has 25 heavy (non-hydrogen) atoms. The number of rotatable bonds is 2. The average molecular weight is 335 g/mol. The molecule has 0 atom stereocenters. The van der Waals surface area contributed by atoms with Gasteiger partial charge in [0.05, 0.1) is 18.2 Å². The number of aliphatic carboxylic acids is 1. The Bertz CT molecular complexity index is 821. The molecular formula is C21H21NO3. The molecule has 4 nitrogen and oxygen atoms in total. The average Bonchev–Trinajstić information content (AvgIpc) is 2.67. The molecule has 2 aliphatic rings. The third-order valence-corrected chi connectivity index (χ3v) is 5.52. The molecule has 1 aliphatic carbocycles. The summed E-state index contributed by atoms with van der Waals surface area (Å²) in [5.74, 6) is -0.971. The summed E-state index contributed by atoms with van der Waals surface area (Å²) in [6.45, 7) is 0.588. The highest BCUT2D eigenvalue weighted by Crippen LogP contribution is 2.40. The summed E-state index contributed by atoms with van der Waals surface area (Å²) in [4.78, 5) is 26.2. The third kappa shape index (κ3) is 2.82. The lowest BCUT2D eigenvalue weighted by Crippen LogP contribution is -2.39. The number of carbonyl (C=O) groups is 2. The molecule has 0 spiro atoms. The summed E-state index contributed by atoms with van der Waals surface area (Å²) >= 11 is 0. The molecule has 0 unspecified atom stereocenters. The van der Waals surface area contributed by atoms with Crippen LogP contribution in [0.4, 0.5) is 5.69 Å².